The normalized spacial score (nSPS) is 12.2. The highest BCUT2D eigenvalue weighted by molar-refractivity contribution is 8.09. The van der Waals surface area contributed by atoms with E-state index in [2.05, 4.69) is 14.7 Å². The van der Waals surface area contributed by atoms with Gasteiger partial charge in [-0.2, -0.15) is 0 Å². The lowest BCUT2D eigenvalue weighted by Gasteiger charge is -2.07. The molecule has 2 N–H and O–H groups in total. The molecule has 0 radical (unpaired) electrons. The van der Waals surface area contributed by atoms with Crippen molar-refractivity contribution in [3.05, 3.63) is 0 Å². The molecule has 0 bridgehead atoms. The number of hydrogen-bond donors (Lipinski definition) is 1. The summed E-state index contributed by atoms with van der Waals surface area (Å²) in [6.07, 6.45) is -1.83. The summed E-state index contributed by atoms with van der Waals surface area (Å²) >= 11 is 0.610. The average Bonchev–Trinajstić information content (AvgIpc) is 1.86. The quantitative estimate of drug-likeness (QED) is 0.630. The fraction of sp³-hybridized carbons (Fsp3) is 0.600. The van der Waals surface area contributed by atoms with Crippen molar-refractivity contribution in [3.63, 3.8) is 0 Å². The molecule has 64 valence electrons. The molecule has 0 aromatic heterocycles. The fourth-order valence-corrected chi connectivity index (χ4v) is 0.720. The predicted molar refractivity (Wildman–Crippen MR) is 39.7 cm³/mol. The van der Waals surface area contributed by atoms with Crippen molar-refractivity contribution in [1.82, 2.24) is 0 Å². The minimum atomic E-state index is -0.970. The molecule has 0 aliphatic rings. The zero-order valence-corrected chi connectivity index (χ0v) is 7.01. The number of hydrogen-bond acceptors (Lipinski definition) is 5. The second kappa shape index (κ2) is 4.97. The number of amides is 1. The Bertz CT molecular complexity index is 161. The van der Waals surface area contributed by atoms with Crippen LogP contribution in [0.2, 0.25) is 0 Å². The van der Waals surface area contributed by atoms with Crippen LogP contribution in [-0.2, 0) is 13.7 Å². The third kappa shape index (κ3) is 4.63. The summed E-state index contributed by atoms with van der Waals surface area (Å²) in [6.45, 7) is 1.42. The van der Waals surface area contributed by atoms with Gasteiger partial charge in [-0.3, -0.25) is 4.79 Å². The maximum Gasteiger partial charge on any atom is 0.405 e. The molecule has 1 unspecified atom stereocenters. The number of nitrogens with two attached hydrogens (primary N) is 1. The van der Waals surface area contributed by atoms with Crippen LogP contribution < -0.4 is 5.73 Å². The lowest BCUT2D eigenvalue weighted by Crippen LogP contribution is -2.25. The van der Waals surface area contributed by atoms with E-state index in [1.54, 1.807) is 0 Å². The van der Waals surface area contributed by atoms with Crippen LogP contribution in [0, 0.1) is 0 Å². The molecule has 11 heavy (non-hydrogen) atoms. The first-order chi connectivity index (χ1) is 5.07. The molecule has 0 saturated carbocycles. The summed E-state index contributed by atoms with van der Waals surface area (Å²) in [6, 6.07) is 0. The van der Waals surface area contributed by atoms with Crippen LogP contribution in [-0.4, -0.2) is 24.4 Å². The van der Waals surface area contributed by atoms with Crippen molar-refractivity contribution < 1.29 is 18.5 Å². The van der Waals surface area contributed by atoms with Gasteiger partial charge in [-0.05, 0) is 6.92 Å². The standard InChI is InChI=1S/C5H9NO4S/c1-3(10-5(6)8)4(7)11-9-2/h3H,1-2H3,(H2,6,8). The Morgan fingerprint density at radius 3 is 2.45 bits per heavy atom. The van der Waals surface area contributed by atoms with E-state index < -0.39 is 17.3 Å². The molecule has 0 aromatic carbocycles. The molecule has 0 aromatic rings. The number of rotatable bonds is 3. The highest BCUT2D eigenvalue weighted by Gasteiger charge is 2.16. The molecule has 1 amide bonds. The third-order valence-electron chi connectivity index (χ3n) is 0.790. The molecule has 0 spiro atoms. The number of carbonyl (C=O) groups excluding carboxylic acids is 2. The average molecular weight is 179 g/mol. The Balaban J connectivity index is 3.73. The summed E-state index contributed by atoms with van der Waals surface area (Å²) in [5.74, 6) is 0. The number of ether oxygens (including phenoxy) is 1. The summed E-state index contributed by atoms with van der Waals surface area (Å²) < 4.78 is 8.79. The van der Waals surface area contributed by atoms with Crippen LogP contribution in [0.3, 0.4) is 0 Å². The SMILES string of the molecule is COSC(=O)C(C)OC(N)=O. The Kier molecular flexibility index (Phi) is 4.64. The molecule has 0 fully saturated rings. The van der Waals surface area contributed by atoms with E-state index in [-0.39, 0.29) is 0 Å². The molecular formula is C5H9NO4S. The lowest BCUT2D eigenvalue weighted by molar-refractivity contribution is -0.118. The van der Waals surface area contributed by atoms with Gasteiger partial charge in [0.25, 0.3) is 5.12 Å². The van der Waals surface area contributed by atoms with Crippen molar-refractivity contribution in [2.24, 2.45) is 5.73 Å². The number of primary amides is 1. The summed E-state index contributed by atoms with van der Waals surface area (Å²) in [5.41, 5.74) is 4.66. The van der Waals surface area contributed by atoms with E-state index in [4.69, 9.17) is 0 Å². The Morgan fingerprint density at radius 1 is 1.55 bits per heavy atom. The van der Waals surface area contributed by atoms with E-state index in [9.17, 15) is 9.59 Å². The van der Waals surface area contributed by atoms with Gasteiger partial charge in [0, 0.05) is 0 Å². The van der Waals surface area contributed by atoms with Crippen LogP contribution in [0.4, 0.5) is 4.79 Å². The molecule has 0 aliphatic carbocycles. The van der Waals surface area contributed by atoms with E-state index in [1.807, 2.05) is 0 Å². The molecule has 1 atom stereocenters. The van der Waals surface area contributed by atoms with Gasteiger partial charge in [-0.1, -0.05) is 0 Å². The van der Waals surface area contributed by atoms with E-state index >= 15 is 0 Å². The summed E-state index contributed by atoms with van der Waals surface area (Å²) in [4.78, 5) is 20.9. The van der Waals surface area contributed by atoms with Crippen LogP contribution >= 0.6 is 12.0 Å². The van der Waals surface area contributed by atoms with Crippen LogP contribution in [0.1, 0.15) is 6.92 Å². The smallest absolute Gasteiger partial charge is 0.405 e. The van der Waals surface area contributed by atoms with Gasteiger partial charge in [0.05, 0.1) is 19.2 Å². The molecule has 0 aliphatic heterocycles. The minimum Gasteiger partial charge on any atom is -0.438 e. The molecule has 0 rings (SSSR count). The largest absolute Gasteiger partial charge is 0.438 e. The predicted octanol–water partition coefficient (Wildman–Crippen LogP) is 0.291. The molecule has 0 saturated heterocycles. The molecule has 5 nitrogen and oxygen atoms in total. The summed E-state index contributed by atoms with van der Waals surface area (Å²) in [7, 11) is 1.35. The van der Waals surface area contributed by atoms with Gasteiger partial charge >= 0.3 is 6.09 Å². The van der Waals surface area contributed by atoms with Gasteiger partial charge in [-0.25, -0.2) is 4.79 Å². The van der Waals surface area contributed by atoms with Crippen LogP contribution in [0.15, 0.2) is 0 Å². The zero-order chi connectivity index (χ0) is 8.85. The van der Waals surface area contributed by atoms with Gasteiger partial charge in [0.15, 0.2) is 6.10 Å². The fourth-order valence-electron chi connectivity index (χ4n) is 0.372. The zero-order valence-electron chi connectivity index (χ0n) is 6.20. The highest BCUT2D eigenvalue weighted by Crippen LogP contribution is 2.07. The third-order valence-corrected chi connectivity index (χ3v) is 1.45. The molecule has 6 heteroatoms. The topological polar surface area (TPSA) is 78.6 Å². The van der Waals surface area contributed by atoms with Crippen molar-refractivity contribution in [2.45, 2.75) is 13.0 Å². The Hall–Kier alpha value is -0.750. The van der Waals surface area contributed by atoms with Crippen LogP contribution in [0.5, 0.6) is 0 Å². The highest BCUT2D eigenvalue weighted by atomic mass is 32.2. The second-order valence-electron chi connectivity index (χ2n) is 1.65. The Labute approximate surface area is 68.4 Å². The first-order valence-corrected chi connectivity index (χ1v) is 3.52. The molecular weight excluding hydrogens is 170 g/mol. The van der Waals surface area contributed by atoms with Gasteiger partial charge < -0.3 is 14.7 Å². The molecule has 0 heterocycles. The second-order valence-corrected chi connectivity index (χ2v) is 2.55. The Morgan fingerprint density at radius 2 is 2.09 bits per heavy atom. The van der Waals surface area contributed by atoms with Crippen molar-refractivity contribution in [2.75, 3.05) is 7.11 Å². The van der Waals surface area contributed by atoms with Crippen LogP contribution in [0.25, 0.3) is 0 Å². The lowest BCUT2D eigenvalue weighted by atomic mass is 10.5. The van der Waals surface area contributed by atoms with Crippen molar-refractivity contribution in [1.29, 1.82) is 0 Å². The maximum absolute atomic E-state index is 10.8. The minimum absolute atomic E-state index is 0.397. The first-order valence-electron chi connectivity index (χ1n) is 2.78. The van der Waals surface area contributed by atoms with E-state index in [0.717, 1.165) is 0 Å². The first kappa shape index (κ1) is 10.2. The van der Waals surface area contributed by atoms with E-state index in [1.165, 1.54) is 14.0 Å². The van der Waals surface area contributed by atoms with Crippen molar-refractivity contribution in [3.8, 4) is 0 Å². The van der Waals surface area contributed by atoms with Gasteiger partial charge in [-0.15, -0.1) is 0 Å². The number of carbonyl (C=O) groups is 2. The monoisotopic (exact) mass is 179 g/mol. The van der Waals surface area contributed by atoms with Gasteiger partial charge in [0.1, 0.15) is 0 Å². The van der Waals surface area contributed by atoms with Gasteiger partial charge in [0.2, 0.25) is 0 Å². The van der Waals surface area contributed by atoms with E-state index in [0.29, 0.717) is 12.0 Å². The summed E-state index contributed by atoms with van der Waals surface area (Å²) in [5, 5.41) is -0.397. The van der Waals surface area contributed by atoms with Crippen molar-refractivity contribution >= 4 is 23.3 Å². The maximum atomic E-state index is 10.8.